The van der Waals surface area contributed by atoms with Crippen LogP contribution in [0.4, 0.5) is 0 Å². The summed E-state index contributed by atoms with van der Waals surface area (Å²) in [7, 11) is 0. The number of nitrogens with one attached hydrogen (secondary N) is 1. The summed E-state index contributed by atoms with van der Waals surface area (Å²) in [6.07, 6.45) is 5.27. The Morgan fingerprint density at radius 3 is 3.24 bits per heavy atom. The first-order chi connectivity index (χ1) is 8.40. The van der Waals surface area contributed by atoms with Crippen molar-refractivity contribution >= 4 is 0 Å². The van der Waals surface area contributed by atoms with E-state index in [1.165, 1.54) is 0 Å². The molecule has 0 aliphatic carbocycles. The van der Waals surface area contributed by atoms with Crippen molar-refractivity contribution in [3.8, 4) is 0 Å². The standard InChI is InChI=1S/C13H21N3O/c1-2-6-14-9-12-5-7-15-13(16-12)11-4-3-8-17-10-11/h5,7,11,14H,2-4,6,8-10H2,1H3. The molecule has 0 saturated carbocycles. The molecule has 0 spiro atoms. The molecule has 1 aromatic heterocycles. The summed E-state index contributed by atoms with van der Waals surface area (Å²) in [6, 6.07) is 1.98. The van der Waals surface area contributed by atoms with Crippen molar-refractivity contribution in [3.05, 3.63) is 23.8 Å². The number of nitrogens with zero attached hydrogens (tertiary/aromatic N) is 2. The van der Waals surface area contributed by atoms with Crippen molar-refractivity contribution in [2.24, 2.45) is 0 Å². The van der Waals surface area contributed by atoms with E-state index < -0.39 is 0 Å². The summed E-state index contributed by atoms with van der Waals surface area (Å²) in [4.78, 5) is 8.99. The lowest BCUT2D eigenvalue weighted by Gasteiger charge is -2.20. The number of rotatable bonds is 5. The fourth-order valence-corrected chi connectivity index (χ4v) is 2.05. The third-order valence-corrected chi connectivity index (χ3v) is 2.99. The fourth-order valence-electron chi connectivity index (χ4n) is 2.05. The van der Waals surface area contributed by atoms with Crippen LogP contribution in [0.3, 0.4) is 0 Å². The number of hydrogen-bond acceptors (Lipinski definition) is 4. The smallest absolute Gasteiger partial charge is 0.133 e. The van der Waals surface area contributed by atoms with Gasteiger partial charge in [-0.1, -0.05) is 6.92 Å². The second-order valence-corrected chi connectivity index (χ2v) is 4.50. The van der Waals surface area contributed by atoms with Gasteiger partial charge >= 0.3 is 0 Å². The van der Waals surface area contributed by atoms with E-state index in [4.69, 9.17) is 4.74 Å². The van der Waals surface area contributed by atoms with E-state index in [2.05, 4.69) is 22.2 Å². The van der Waals surface area contributed by atoms with Crippen LogP contribution in [0.25, 0.3) is 0 Å². The Kier molecular flexibility index (Phi) is 4.88. The molecule has 0 radical (unpaired) electrons. The molecule has 0 amide bonds. The van der Waals surface area contributed by atoms with Gasteiger partial charge in [0.15, 0.2) is 0 Å². The number of ether oxygens (including phenoxy) is 1. The van der Waals surface area contributed by atoms with E-state index in [0.29, 0.717) is 5.92 Å². The molecule has 1 N–H and O–H groups in total. The highest BCUT2D eigenvalue weighted by Gasteiger charge is 2.18. The summed E-state index contributed by atoms with van der Waals surface area (Å²) in [5.41, 5.74) is 1.08. The van der Waals surface area contributed by atoms with Gasteiger partial charge < -0.3 is 10.1 Å². The van der Waals surface area contributed by atoms with E-state index >= 15 is 0 Å². The monoisotopic (exact) mass is 235 g/mol. The van der Waals surface area contributed by atoms with Gasteiger partial charge in [0, 0.05) is 25.3 Å². The molecule has 1 fully saturated rings. The predicted octanol–water partition coefficient (Wildman–Crippen LogP) is 1.87. The van der Waals surface area contributed by atoms with Gasteiger partial charge in [0.2, 0.25) is 0 Å². The van der Waals surface area contributed by atoms with E-state index in [-0.39, 0.29) is 0 Å². The van der Waals surface area contributed by atoms with Crippen molar-refractivity contribution in [2.45, 2.75) is 38.6 Å². The first kappa shape index (κ1) is 12.5. The van der Waals surface area contributed by atoms with Gasteiger partial charge in [0.05, 0.1) is 12.3 Å². The number of hydrogen-bond donors (Lipinski definition) is 1. The maximum Gasteiger partial charge on any atom is 0.133 e. The van der Waals surface area contributed by atoms with Crippen LogP contribution in [0.1, 0.15) is 43.6 Å². The van der Waals surface area contributed by atoms with Crippen LogP contribution < -0.4 is 5.32 Å². The first-order valence-corrected chi connectivity index (χ1v) is 6.50. The highest BCUT2D eigenvalue weighted by Crippen LogP contribution is 2.22. The fraction of sp³-hybridized carbons (Fsp3) is 0.692. The summed E-state index contributed by atoms with van der Waals surface area (Å²) in [6.45, 7) is 5.68. The second-order valence-electron chi connectivity index (χ2n) is 4.50. The topological polar surface area (TPSA) is 47.0 Å². The summed E-state index contributed by atoms with van der Waals surface area (Å²) in [5.74, 6) is 1.33. The third kappa shape index (κ3) is 3.75. The van der Waals surface area contributed by atoms with Crippen molar-refractivity contribution in [1.82, 2.24) is 15.3 Å². The second kappa shape index (κ2) is 6.67. The quantitative estimate of drug-likeness (QED) is 0.791. The number of aromatic nitrogens is 2. The van der Waals surface area contributed by atoms with Crippen molar-refractivity contribution in [2.75, 3.05) is 19.8 Å². The lowest BCUT2D eigenvalue weighted by molar-refractivity contribution is 0.0780. The largest absolute Gasteiger partial charge is 0.381 e. The molecule has 2 rings (SSSR count). The summed E-state index contributed by atoms with van der Waals surface area (Å²) >= 11 is 0. The van der Waals surface area contributed by atoms with Crippen LogP contribution in [0.15, 0.2) is 12.3 Å². The molecular weight excluding hydrogens is 214 g/mol. The first-order valence-electron chi connectivity index (χ1n) is 6.50. The van der Waals surface area contributed by atoms with Crippen molar-refractivity contribution in [3.63, 3.8) is 0 Å². The normalized spacial score (nSPS) is 20.4. The molecule has 2 heterocycles. The van der Waals surface area contributed by atoms with Crippen LogP contribution in [0.5, 0.6) is 0 Å². The molecule has 4 nitrogen and oxygen atoms in total. The Morgan fingerprint density at radius 2 is 2.47 bits per heavy atom. The molecule has 1 aromatic rings. The van der Waals surface area contributed by atoms with Gasteiger partial charge in [-0.3, -0.25) is 0 Å². The maximum atomic E-state index is 5.48. The summed E-state index contributed by atoms with van der Waals surface area (Å²) in [5, 5.41) is 3.36. The Bertz CT molecular complexity index is 337. The zero-order valence-corrected chi connectivity index (χ0v) is 10.5. The van der Waals surface area contributed by atoms with Gasteiger partial charge in [-0.2, -0.15) is 0 Å². The Balaban J connectivity index is 1.95. The van der Waals surface area contributed by atoms with Crippen LogP contribution in [0.2, 0.25) is 0 Å². The van der Waals surface area contributed by atoms with Crippen LogP contribution in [-0.2, 0) is 11.3 Å². The molecule has 1 saturated heterocycles. The molecule has 17 heavy (non-hydrogen) atoms. The minimum absolute atomic E-state index is 0.384. The third-order valence-electron chi connectivity index (χ3n) is 2.99. The molecule has 1 unspecified atom stereocenters. The zero-order chi connectivity index (χ0) is 11.9. The van der Waals surface area contributed by atoms with E-state index in [1.54, 1.807) is 0 Å². The lowest BCUT2D eigenvalue weighted by atomic mass is 10.0. The Hall–Kier alpha value is -1.00. The van der Waals surface area contributed by atoms with Crippen molar-refractivity contribution < 1.29 is 4.74 Å². The van der Waals surface area contributed by atoms with Gasteiger partial charge in [-0.25, -0.2) is 9.97 Å². The molecule has 4 heteroatoms. The van der Waals surface area contributed by atoms with Gasteiger partial charge in [0.25, 0.3) is 0 Å². The molecule has 1 atom stereocenters. The van der Waals surface area contributed by atoms with Gasteiger partial charge in [-0.05, 0) is 31.9 Å². The predicted molar refractivity (Wildman–Crippen MR) is 66.8 cm³/mol. The maximum absolute atomic E-state index is 5.48. The van der Waals surface area contributed by atoms with Crippen molar-refractivity contribution in [1.29, 1.82) is 0 Å². The van der Waals surface area contributed by atoms with E-state index in [1.807, 2.05) is 12.3 Å². The summed E-state index contributed by atoms with van der Waals surface area (Å²) < 4.78 is 5.48. The van der Waals surface area contributed by atoms with Gasteiger partial charge in [0.1, 0.15) is 5.82 Å². The van der Waals surface area contributed by atoms with Crippen LogP contribution in [0, 0.1) is 0 Å². The molecular formula is C13H21N3O. The highest BCUT2D eigenvalue weighted by molar-refractivity contribution is 5.06. The Morgan fingerprint density at radius 1 is 1.53 bits per heavy atom. The lowest BCUT2D eigenvalue weighted by Crippen LogP contribution is -2.20. The minimum atomic E-state index is 0.384. The average Bonchev–Trinajstić information content (AvgIpc) is 2.41. The highest BCUT2D eigenvalue weighted by atomic mass is 16.5. The molecule has 0 aromatic carbocycles. The Labute approximate surface area is 103 Å². The van der Waals surface area contributed by atoms with Crippen LogP contribution >= 0.6 is 0 Å². The van der Waals surface area contributed by atoms with E-state index in [9.17, 15) is 0 Å². The van der Waals surface area contributed by atoms with Gasteiger partial charge in [-0.15, -0.1) is 0 Å². The average molecular weight is 235 g/mol. The van der Waals surface area contributed by atoms with Crippen LogP contribution in [-0.4, -0.2) is 29.7 Å². The molecule has 1 aliphatic heterocycles. The minimum Gasteiger partial charge on any atom is -0.381 e. The molecule has 94 valence electrons. The molecule has 1 aliphatic rings. The molecule has 0 bridgehead atoms. The zero-order valence-electron chi connectivity index (χ0n) is 10.5. The SMILES string of the molecule is CCCNCc1ccnc(C2CCCOC2)n1. The van der Waals surface area contributed by atoms with E-state index in [0.717, 1.165) is 57.1 Å².